The molecule has 1 aromatic heterocycles. The standard InChI is InChI=1S/C16H17F4N3O/c17-10-4-5-13-12(9-10)14(22-15(21-13)16(18,19)20)23-7-2-1-3-11(23)6-8-24/h4-5,9,11,24H,1-3,6-8H2. The van der Waals surface area contributed by atoms with Crippen LogP contribution in [0.4, 0.5) is 23.4 Å². The minimum atomic E-state index is -4.68. The lowest BCUT2D eigenvalue weighted by Crippen LogP contribution is -2.41. The topological polar surface area (TPSA) is 49.2 Å². The summed E-state index contributed by atoms with van der Waals surface area (Å²) in [5, 5.41) is 9.48. The van der Waals surface area contributed by atoms with Gasteiger partial charge in [0.05, 0.1) is 5.52 Å². The maximum Gasteiger partial charge on any atom is 0.451 e. The third-order valence-electron chi connectivity index (χ3n) is 4.25. The Bertz CT molecular complexity index is 733. The number of halogens is 4. The first kappa shape index (κ1) is 16.9. The Morgan fingerprint density at radius 3 is 2.71 bits per heavy atom. The van der Waals surface area contributed by atoms with Crippen molar-refractivity contribution >= 4 is 16.7 Å². The second kappa shape index (κ2) is 6.51. The summed E-state index contributed by atoms with van der Waals surface area (Å²) in [6, 6.07) is 3.36. The Balaban J connectivity index is 2.17. The summed E-state index contributed by atoms with van der Waals surface area (Å²) >= 11 is 0. The highest BCUT2D eigenvalue weighted by Gasteiger charge is 2.37. The van der Waals surface area contributed by atoms with Crippen molar-refractivity contribution in [2.75, 3.05) is 18.1 Å². The molecule has 1 fully saturated rings. The second-order valence-electron chi connectivity index (χ2n) is 5.89. The molecule has 2 aromatic rings. The van der Waals surface area contributed by atoms with Crippen molar-refractivity contribution < 1.29 is 22.7 Å². The van der Waals surface area contributed by atoms with Crippen molar-refractivity contribution in [3.63, 3.8) is 0 Å². The lowest BCUT2D eigenvalue weighted by molar-refractivity contribution is -0.144. The summed E-state index contributed by atoms with van der Waals surface area (Å²) in [6.45, 7) is 0.454. The fraction of sp³-hybridized carbons (Fsp3) is 0.500. The molecule has 1 unspecified atom stereocenters. The van der Waals surface area contributed by atoms with Crippen LogP contribution < -0.4 is 4.90 Å². The molecule has 1 N–H and O–H groups in total. The van der Waals surface area contributed by atoms with Gasteiger partial charge in [-0.25, -0.2) is 14.4 Å². The van der Waals surface area contributed by atoms with Crippen molar-refractivity contribution in [3.05, 3.63) is 29.8 Å². The number of rotatable bonds is 3. The molecule has 3 rings (SSSR count). The maximum absolute atomic E-state index is 13.6. The molecule has 0 aliphatic carbocycles. The van der Waals surface area contributed by atoms with Gasteiger partial charge in [0.2, 0.25) is 5.82 Å². The summed E-state index contributed by atoms with van der Waals surface area (Å²) in [4.78, 5) is 8.99. The zero-order valence-electron chi connectivity index (χ0n) is 12.9. The van der Waals surface area contributed by atoms with E-state index in [2.05, 4.69) is 9.97 Å². The molecular formula is C16H17F4N3O. The third kappa shape index (κ3) is 3.28. The van der Waals surface area contributed by atoms with Crippen molar-refractivity contribution in [3.8, 4) is 0 Å². The molecule has 8 heteroatoms. The average Bonchev–Trinajstić information content (AvgIpc) is 2.54. The smallest absolute Gasteiger partial charge is 0.396 e. The average molecular weight is 343 g/mol. The molecule has 4 nitrogen and oxygen atoms in total. The molecule has 0 saturated carbocycles. The normalized spacial score (nSPS) is 19.0. The zero-order chi connectivity index (χ0) is 17.3. The summed E-state index contributed by atoms with van der Waals surface area (Å²) in [5.41, 5.74) is 0.0575. The van der Waals surface area contributed by atoms with E-state index in [4.69, 9.17) is 0 Å². The molecule has 1 aliphatic heterocycles. The van der Waals surface area contributed by atoms with Gasteiger partial charge in [0.15, 0.2) is 0 Å². The van der Waals surface area contributed by atoms with Gasteiger partial charge in [-0.3, -0.25) is 0 Å². The predicted octanol–water partition coefficient (Wildman–Crippen LogP) is 3.53. The van der Waals surface area contributed by atoms with Crippen LogP contribution in [-0.4, -0.2) is 34.3 Å². The van der Waals surface area contributed by atoms with E-state index in [0.29, 0.717) is 13.0 Å². The Hall–Kier alpha value is -1.96. The Morgan fingerprint density at radius 2 is 2.00 bits per heavy atom. The molecule has 0 bridgehead atoms. The number of aromatic nitrogens is 2. The van der Waals surface area contributed by atoms with E-state index < -0.39 is 17.8 Å². The second-order valence-corrected chi connectivity index (χ2v) is 5.89. The Kier molecular flexibility index (Phi) is 4.58. The van der Waals surface area contributed by atoms with Crippen LogP contribution in [0.1, 0.15) is 31.5 Å². The Labute approximate surface area is 136 Å². The highest BCUT2D eigenvalue weighted by Crippen LogP contribution is 2.35. The van der Waals surface area contributed by atoms with E-state index in [1.54, 1.807) is 4.90 Å². The van der Waals surface area contributed by atoms with Crippen LogP contribution >= 0.6 is 0 Å². The van der Waals surface area contributed by atoms with Gasteiger partial charge in [0.1, 0.15) is 11.6 Å². The van der Waals surface area contributed by atoms with E-state index in [1.165, 1.54) is 6.07 Å². The van der Waals surface area contributed by atoms with Gasteiger partial charge in [-0.1, -0.05) is 0 Å². The first-order chi connectivity index (χ1) is 11.4. The fourth-order valence-electron chi connectivity index (χ4n) is 3.16. The number of hydrogen-bond donors (Lipinski definition) is 1. The number of fused-ring (bicyclic) bond motifs is 1. The largest absolute Gasteiger partial charge is 0.451 e. The van der Waals surface area contributed by atoms with Crippen LogP contribution in [0.3, 0.4) is 0 Å². The lowest BCUT2D eigenvalue weighted by atomic mass is 9.99. The van der Waals surface area contributed by atoms with Crippen molar-refractivity contribution in [1.29, 1.82) is 0 Å². The van der Waals surface area contributed by atoms with Gasteiger partial charge in [-0.15, -0.1) is 0 Å². The highest BCUT2D eigenvalue weighted by molar-refractivity contribution is 5.89. The highest BCUT2D eigenvalue weighted by atomic mass is 19.4. The quantitative estimate of drug-likeness (QED) is 0.866. The van der Waals surface area contributed by atoms with Crippen molar-refractivity contribution in [2.45, 2.75) is 37.9 Å². The van der Waals surface area contributed by atoms with Gasteiger partial charge in [0.25, 0.3) is 0 Å². The SMILES string of the molecule is OCCC1CCCCN1c1nc(C(F)(F)F)nc2ccc(F)cc12. The van der Waals surface area contributed by atoms with E-state index >= 15 is 0 Å². The van der Waals surface area contributed by atoms with E-state index in [9.17, 15) is 22.7 Å². The third-order valence-corrected chi connectivity index (χ3v) is 4.25. The number of piperidine rings is 1. The molecule has 2 heterocycles. The number of aliphatic hydroxyl groups excluding tert-OH is 1. The summed E-state index contributed by atoms with van der Waals surface area (Å²) in [7, 11) is 0. The number of hydrogen-bond acceptors (Lipinski definition) is 4. The number of aliphatic hydroxyl groups is 1. The van der Waals surface area contributed by atoms with Gasteiger partial charge in [-0.2, -0.15) is 13.2 Å². The zero-order valence-corrected chi connectivity index (χ0v) is 12.9. The monoisotopic (exact) mass is 343 g/mol. The molecule has 0 spiro atoms. The predicted molar refractivity (Wildman–Crippen MR) is 81.2 cm³/mol. The Morgan fingerprint density at radius 1 is 1.21 bits per heavy atom. The fourth-order valence-corrected chi connectivity index (χ4v) is 3.16. The van der Waals surface area contributed by atoms with Gasteiger partial charge in [-0.05, 0) is 43.9 Å². The van der Waals surface area contributed by atoms with Crippen LogP contribution in [-0.2, 0) is 6.18 Å². The summed E-state index contributed by atoms with van der Waals surface area (Å²) in [6.07, 6.45) is -1.75. The summed E-state index contributed by atoms with van der Waals surface area (Å²) in [5.74, 6) is -1.70. The van der Waals surface area contributed by atoms with Crippen LogP contribution in [0.25, 0.3) is 10.9 Å². The molecule has 1 aliphatic rings. The molecule has 24 heavy (non-hydrogen) atoms. The van der Waals surface area contributed by atoms with Crippen molar-refractivity contribution in [1.82, 2.24) is 9.97 Å². The number of anilines is 1. The van der Waals surface area contributed by atoms with E-state index in [-0.39, 0.29) is 29.4 Å². The molecule has 1 aromatic carbocycles. The van der Waals surface area contributed by atoms with E-state index in [1.807, 2.05) is 0 Å². The van der Waals surface area contributed by atoms with E-state index in [0.717, 1.165) is 31.4 Å². The first-order valence-corrected chi connectivity index (χ1v) is 7.82. The number of alkyl halides is 3. The van der Waals surface area contributed by atoms with Crippen molar-refractivity contribution in [2.24, 2.45) is 0 Å². The number of nitrogens with zero attached hydrogens (tertiary/aromatic N) is 3. The maximum atomic E-state index is 13.6. The van der Waals surface area contributed by atoms with Gasteiger partial charge >= 0.3 is 6.18 Å². The molecule has 130 valence electrons. The minimum Gasteiger partial charge on any atom is -0.396 e. The molecule has 1 atom stereocenters. The van der Waals surface area contributed by atoms with Crippen LogP contribution in [0.2, 0.25) is 0 Å². The van der Waals surface area contributed by atoms with Crippen LogP contribution in [0.5, 0.6) is 0 Å². The molecule has 0 amide bonds. The van der Waals surface area contributed by atoms with Crippen LogP contribution in [0.15, 0.2) is 18.2 Å². The molecule has 0 radical (unpaired) electrons. The first-order valence-electron chi connectivity index (χ1n) is 7.82. The lowest BCUT2D eigenvalue weighted by Gasteiger charge is -2.37. The minimum absolute atomic E-state index is 0.0575. The van der Waals surface area contributed by atoms with Gasteiger partial charge < -0.3 is 10.0 Å². The molecular weight excluding hydrogens is 326 g/mol. The summed E-state index contributed by atoms with van der Waals surface area (Å²) < 4.78 is 53.0. The van der Waals surface area contributed by atoms with Crippen LogP contribution in [0, 0.1) is 5.82 Å². The number of benzene rings is 1. The van der Waals surface area contributed by atoms with Gasteiger partial charge in [0, 0.05) is 24.6 Å². The molecule has 1 saturated heterocycles.